The topological polar surface area (TPSA) is 133 Å². The Labute approximate surface area is 193 Å². The molecule has 3 heterocycles. The summed E-state index contributed by atoms with van der Waals surface area (Å²) in [6.45, 7) is 0.809. The molecule has 5 rings (SSSR count). The first kappa shape index (κ1) is 21.1. The SMILES string of the molecule is O=C(Cn1nnc(-c2ccccc2NC(=O)c2ccncc2)n1)Nc1ccc2c(c1)OCCO2. The second-order valence-corrected chi connectivity index (χ2v) is 7.29. The van der Waals surface area contributed by atoms with Crippen LogP contribution in [-0.4, -0.2) is 50.2 Å². The van der Waals surface area contributed by atoms with E-state index in [1.807, 2.05) is 0 Å². The van der Waals surface area contributed by atoms with Crippen LogP contribution in [0.4, 0.5) is 11.4 Å². The summed E-state index contributed by atoms with van der Waals surface area (Å²) in [5, 5.41) is 17.9. The second kappa shape index (κ2) is 9.36. The minimum absolute atomic E-state index is 0.146. The third-order valence-corrected chi connectivity index (χ3v) is 4.92. The van der Waals surface area contributed by atoms with Crippen molar-refractivity contribution in [2.75, 3.05) is 23.8 Å². The predicted molar refractivity (Wildman–Crippen MR) is 122 cm³/mol. The van der Waals surface area contributed by atoms with E-state index < -0.39 is 0 Å². The third-order valence-electron chi connectivity index (χ3n) is 4.92. The zero-order chi connectivity index (χ0) is 23.3. The van der Waals surface area contributed by atoms with Crippen molar-refractivity contribution in [2.24, 2.45) is 0 Å². The number of ether oxygens (including phenoxy) is 2. The van der Waals surface area contributed by atoms with Crippen LogP contribution in [0, 0.1) is 0 Å². The van der Waals surface area contributed by atoms with Crippen LogP contribution in [-0.2, 0) is 11.3 Å². The molecule has 0 bridgehead atoms. The van der Waals surface area contributed by atoms with Crippen LogP contribution in [0.5, 0.6) is 11.5 Å². The van der Waals surface area contributed by atoms with Crippen molar-refractivity contribution in [1.82, 2.24) is 25.2 Å². The molecule has 2 aromatic carbocycles. The molecule has 11 nitrogen and oxygen atoms in total. The Kier molecular flexibility index (Phi) is 5.80. The molecule has 0 saturated carbocycles. The van der Waals surface area contributed by atoms with Crippen LogP contribution in [0.1, 0.15) is 10.4 Å². The molecule has 0 radical (unpaired) electrons. The van der Waals surface area contributed by atoms with Gasteiger partial charge in [-0.25, -0.2) is 0 Å². The average Bonchev–Trinajstić information content (AvgIpc) is 3.33. The number of benzene rings is 2. The van der Waals surface area contributed by atoms with Gasteiger partial charge in [0.15, 0.2) is 11.5 Å². The molecule has 4 aromatic rings. The molecule has 0 atom stereocenters. The molecule has 0 saturated heterocycles. The molecule has 0 spiro atoms. The Morgan fingerprint density at radius 2 is 1.74 bits per heavy atom. The summed E-state index contributed by atoms with van der Waals surface area (Å²) >= 11 is 0. The lowest BCUT2D eigenvalue weighted by Crippen LogP contribution is -2.21. The molecule has 2 amide bonds. The lowest BCUT2D eigenvalue weighted by molar-refractivity contribution is -0.117. The van der Waals surface area contributed by atoms with E-state index in [0.29, 0.717) is 47.2 Å². The maximum atomic E-state index is 12.5. The first-order valence-electron chi connectivity index (χ1n) is 10.4. The van der Waals surface area contributed by atoms with Gasteiger partial charge < -0.3 is 20.1 Å². The van der Waals surface area contributed by atoms with Crippen molar-refractivity contribution in [3.05, 3.63) is 72.6 Å². The largest absolute Gasteiger partial charge is 0.486 e. The predicted octanol–water partition coefficient (Wildman–Crippen LogP) is 2.40. The van der Waals surface area contributed by atoms with E-state index in [1.165, 1.54) is 4.80 Å². The Balaban J connectivity index is 1.27. The Bertz CT molecular complexity index is 1340. The average molecular weight is 457 g/mol. The number of hydrogen-bond acceptors (Lipinski definition) is 8. The second-order valence-electron chi connectivity index (χ2n) is 7.29. The van der Waals surface area contributed by atoms with Crippen LogP contribution in [0.2, 0.25) is 0 Å². The van der Waals surface area contributed by atoms with Crippen molar-refractivity contribution < 1.29 is 19.1 Å². The molecule has 170 valence electrons. The van der Waals surface area contributed by atoms with Gasteiger partial charge >= 0.3 is 0 Å². The normalized spacial score (nSPS) is 12.1. The molecule has 2 aromatic heterocycles. The van der Waals surface area contributed by atoms with E-state index in [4.69, 9.17) is 9.47 Å². The highest BCUT2D eigenvalue weighted by atomic mass is 16.6. The van der Waals surface area contributed by atoms with Crippen LogP contribution in [0.3, 0.4) is 0 Å². The zero-order valence-electron chi connectivity index (χ0n) is 17.8. The summed E-state index contributed by atoms with van der Waals surface area (Å²) in [6, 6.07) is 15.5. The van der Waals surface area contributed by atoms with Gasteiger partial charge in [-0.1, -0.05) is 12.1 Å². The highest BCUT2D eigenvalue weighted by molar-refractivity contribution is 6.05. The molecule has 1 aliphatic rings. The fourth-order valence-corrected chi connectivity index (χ4v) is 3.35. The van der Waals surface area contributed by atoms with Gasteiger partial charge in [-0.3, -0.25) is 14.6 Å². The third kappa shape index (κ3) is 4.67. The summed E-state index contributed by atoms with van der Waals surface area (Å²) in [7, 11) is 0. The van der Waals surface area contributed by atoms with Crippen molar-refractivity contribution in [3.8, 4) is 22.9 Å². The van der Waals surface area contributed by atoms with Gasteiger partial charge in [0, 0.05) is 35.3 Å². The lowest BCUT2D eigenvalue weighted by Gasteiger charge is -2.18. The minimum Gasteiger partial charge on any atom is -0.486 e. The van der Waals surface area contributed by atoms with E-state index in [9.17, 15) is 9.59 Å². The molecule has 0 unspecified atom stereocenters. The highest BCUT2D eigenvalue weighted by Gasteiger charge is 2.16. The standard InChI is InChI=1S/C23H19N7O4/c31-21(25-16-5-6-19-20(13-16)34-12-11-33-19)14-30-28-22(27-29-30)17-3-1-2-4-18(17)26-23(32)15-7-9-24-10-8-15/h1-10,13H,11-12,14H2,(H,25,31)(H,26,32). The van der Waals surface area contributed by atoms with Crippen molar-refractivity contribution in [2.45, 2.75) is 6.54 Å². The molecular weight excluding hydrogens is 438 g/mol. The number of aromatic nitrogens is 5. The summed E-state index contributed by atoms with van der Waals surface area (Å²) in [5.74, 6) is 0.871. The number of carbonyl (C=O) groups is 2. The van der Waals surface area contributed by atoms with E-state index in [-0.39, 0.29) is 24.2 Å². The van der Waals surface area contributed by atoms with Gasteiger partial charge in [-0.05, 0) is 41.6 Å². The van der Waals surface area contributed by atoms with E-state index >= 15 is 0 Å². The molecule has 0 fully saturated rings. The molecule has 34 heavy (non-hydrogen) atoms. The number of hydrogen-bond donors (Lipinski definition) is 2. The number of tetrazole rings is 1. The summed E-state index contributed by atoms with van der Waals surface area (Å²) in [6.07, 6.45) is 3.09. The monoisotopic (exact) mass is 457 g/mol. The van der Waals surface area contributed by atoms with Gasteiger partial charge in [0.1, 0.15) is 19.8 Å². The zero-order valence-corrected chi connectivity index (χ0v) is 17.8. The lowest BCUT2D eigenvalue weighted by atomic mass is 10.1. The minimum atomic E-state index is -0.333. The number of rotatable bonds is 6. The summed E-state index contributed by atoms with van der Waals surface area (Å²) < 4.78 is 11.0. The maximum Gasteiger partial charge on any atom is 0.255 e. The Hall–Kier alpha value is -4.80. The van der Waals surface area contributed by atoms with Gasteiger partial charge in [0.2, 0.25) is 11.7 Å². The fraction of sp³-hybridized carbons (Fsp3) is 0.130. The first-order chi connectivity index (χ1) is 16.7. The number of anilines is 2. The molecular formula is C23H19N7O4. The molecule has 2 N–H and O–H groups in total. The number of carbonyl (C=O) groups excluding carboxylic acids is 2. The van der Waals surface area contributed by atoms with E-state index in [1.54, 1.807) is 67.0 Å². The van der Waals surface area contributed by atoms with Crippen LogP contribution < -0.4 is 20.1 Å². The molecule has 0 aliphatic carbocycles. The summed E-state index contributed by atoms with van der Waals surface area (Å²) in [4.78, 5) is 30.1. The van der Waals surface area contributed by atoms with Gasteiger partial charge in [0.05, 0.1) is 5.69 Å². The quantitative estimate of drug-likeness (QED) is 0.451. The Morgan fingerprint density at radius 3 is 2.59 bits per heavy atom. The van der Waals surface area contributed by atoms with Gasteiger partial charge in [0.25, 0.3) is 5.91 Å². The molecule has 11 heteroatoms. The van der Waals surface area contributed by atoms with Crippen molar-refractivity contribution in [1.29, 1.82) is 0 Å². The maximum absolute atomic E-state index is 12.5. The number of nitrogens with one attached hydrogen (secondary N) is 2. The Morgan fingerprint density at radius 1 is 0.941 bits per heavy atom. The number of nitrogens with zero attached hydrogens (tertiary/aromatic N) is 5. The van der Waals surface area contributed by atoms with Crippen molar-refractivity contribution >= 4 is 23.2 Å². The van der Waals surface area contributed by atoms with E-state index in [0.717, 1.165) is 0 Å². The summed E-state index contributed by atoms with van der Waals surface area (Å²) in [5.41, 5.74) is 2.13. The van der Waals surface area contributed by atoms with Crippen molar-refractivity contribution in [3.63, 3.8) is 0 Å². The van der Waals surface area contributed by atoms with Crippen LogP contribution >= 0.6 is 0 Å². The number of pyridine rings is 1. The number of para-hydroxylation sites is 1. The van der Waals surface area contributed by atoms with Crippen LogP contribution in [0.15, 0.2) is 67.0 Å². The van der Waals surface area contributed by atoms with Gasteiger partial charge in [-0.15, -0.1) is 10.2 Å². The smallest absolute Gasteiger partial charge is 0.255 e. The first-order valence-corrected chi connectivity index (χ1v) is 10.4. The highest BCUT2D eigenvalue weighted by Crippen LogP contribution is 2.32. The number of amides is 2. The molecule has 1 aliphatic heterocycles. The van der Waals surface area contributed by atoms with Crippen LogP contribution in [0.25, 0.3) is 11.4 Å². The fourth-order valence-electron chi connectivity index (χ4n) is 3.35. The number of fused-ring (bicyclic) bond motifs is 1. The van der Waals surface area contributed by atoms with E-state index in [2.05, 4.69) is 31.0 Å². The van der Waals surface area contributed by atoms with Gasteiger partial charge in [-0.2, -0.15) is 4.80 Å².